The number of hydrogen-bond acceptors (Lipinski definition) is 4. The van der Waals surface area contributed by atoms with Gasteiger partial charge in [0.2, 0.25) is 5.91 Å². The van der Waals surface area contributed by atoms with Crippen LogP contribution >= 0.6 is 11.6 Å². The minimum atomic E-state index is -0.300. The second-order valence-electron chi connectivity index (χ2n) is 3.65. The molecule has 0 saturated carbocycles. The molecule has 0 aliphatic carbocycles. The Balaban J connectivity index is 2.13. The highest BCUT2D eigenvalue weighted by Crippen LogP contribution is 2.06. The molecule has 0 spiro atoms. The van der Waals surface area contributed by atoms with E-state index < -0.39 is 0 Å². The molecule has 0 radical (unpaired) electrons. The Kier molecular flexibility index (Phi) is 3.53. The predicted octanol–water partition coefficient (Wildman–Crippen LogP) is 0.0921. The van der Waals surface area contributed by atoms with E-state index in [0.717, 1.165) is 6.42 Å². The Bertz CT molecular complexity index is 434. The first-order valence-corrected chi connectivity index (χ1v) is 5.58. The van der Waals surface area contributed by atoms with Crippen molar-refractivity contribution < 1.29 is 9.59 Å². The molecule has 2 heterocycles. The molecule has 0 unspecified atom stereocenters. The first kappa shape index (κ1) is 11.8. The van der Waals surface area contributed by atoms with Crippen LogP contribution in [0.1, 0.15) is 16.9 Å². The maximum absolute atomic E-state index is 12.0. The SMILES string of the molecule is O=C1CN(C(=O)c2cnc(Cl)cn2)CCCN1. The van der Waals surface area contributed by atoms with Gasteiger partial charge in [0.15, 0.2) is 0 Å². The fourth-order valence-electron chi connectivity index (χ4n) is 1.56. The maximum Gasteiger partial charge on any atom is 0.274 e. The van der Waals surface area contributed by atoms with Crippen LogP contribution in [0.25, 0.3) is 0 Å². The maximum atomic E-state index is 12.0. The molecule has 1 fully saturated rings. The highest BCUT2D eigenvalue weighted by Gasteiger charge is 2.21. The Morgan fingerprint density at radius 2 is 2.24 bits per heavy atom. The number of carbonyl (C=O) groups excluding carboxylic acids is 2. The van der Waals surface area contributed by atoms with Crippen LogP contribution in [-0.4, -0.2) is 46.3 Å². The average molecular weight is 255 g/mol. The van der Waals surface area contributed by atoms with Crippen molar-refractivity contribution >= 4 is 23.4 Å². The summed E-state index contributed by atoms with van der Waals surface area (Å²) < 4.78 is 0. The zero-order valence-electron chi connectivity index (χ0n) is 9.02. The van der Waals surface area contributed by atoms with Crippen LogP contribution in [0.3, 0.4) is 0 Å². The van der Waals surface area contributed by atoms with Gasteiger partial charge in [-0.2, -0.15) is 0 Å². The van der Waals surface area contributed by atoms with Crippen molar-refractivity contribution in [3.63, 3.8) is 0 Å². The van der Waals surface area contributed by atoms with Gasteiger partial charge in [0.05, 0.1) is 18.9 Å². The zero-order valence-corrected chi connectivity index (χ0v) is 9.78. The third-order valence-corrected chi connectivity index (χ3v) is 2.58. The topological polar surface area (TPSA) is 75.2 Å². The van der Waals surface area contributed by atoms with Gasteiger partial charge >= 0.3 is 0 Å². The second kappa shape index (κ2) is 5.09. The van der Waals surface area contributed by atoms with E-state index >= 15 is 0 Å². The highest BCUT2D eigenvalue weighted by molar-refractivity contribution is 6.29. The zero-order chi connectivity index (χ0) is 12.3. The summed E-state index contributed by atoms with van der Waals surface area (Å²) in [6, 6.07) is 0. The number of amides is 2. The van der Waals surface area contributed by atoms with Crippen LogP contribution in [0, 0.1) is 0 Å². The molecule has 0 bridgehead atoms. The van der Waals surface area contributed by atoms with Crippen molar-refractivity contribution in [1.82, 2.24) is 20.2 Å². The molecule has 1 aliphatic heterocycles. The molecule has 7 heteroatoms. The Morgan fingerprint density at radius 1 is 1.41 bits per heavy atom. The minimum absolute atomic E-state index is 0.0587. The van der Waals surface area contributed by atoms with Crippen molar-refractivity contribution in [2.75, 3.05) is 19.6 Å². The first-order valence-electron chi connectivity index (χ1n) is 5.20. The predicted molar refractivity (Wildman–Crippen MR) is 60.6 cm³/mol. The van der Waals surface area contributed by atoms with Crippen LogP contribution in [0.2, 0.25) is 5.15 Å². The van der Waals surface area contributed by atoms with Gasteiger partial charge in [0.25, 0.3) is 5.91 Å². The summed E-state index contributed by atoms with van der Waals surface area (Å²) in [5, 5.41) is 2.93. The third-order valence-electron chi connectivity index (χ3n) is 2.39. The van der Waals surface area contributed by atoms with Crippen LogP contribution in [0.4, 0.5) is 0 Å². The van der Waals surface area contributed by atoms with E-state index in [1.54, 1.807) is 0 Å². The van der Waals surface area contributed by atoms with E-state index in [1.165, 1.54) is 17.3 Å². The van der Waals surface area contributed by atoms with Gasteiger partial charge < -0.3 is 10.2 Å². The summed E-state index contributed by atoms with van der Waals surface area (Å²) in [5.74, 6) is -0.455. The van der Waals surface area contributed by atoms with Crippen molar-refractivity contribution in [3.8, 4) is 0 Å². The lowest BCUT2D eigenvalue weighted by Gasteiger charge is -2.17. The van der Waals surface area contributed by atoms with Gasteiger partial charge in [-0.3, -0.25) is 9.59 Å². The Morgan fingerprint density at radius 3 is 2.94 bits per heavy atom. The lowest BCUT2D eigenvalue weighted by Crippen LogP contribution is -2.37. The monoisotopic (exact) mass is 254 g/mol. The van der Waals surface area contributed by atoms with E-state index in [2.05, 4.69) is 15.3 Å². The third kappa shape index (κ3) is 2.91. The number of halogens is 1. The normalized spacial score (nSPS) is 16.3. The largest absolute Gasteiger partial charge is 0.354 e. The highest BCUT2D eigenvalue weighted by atomic mass is 35.5. The van der Waals surface area contributed by atoms with Crippen LogP contribution in [0.5, 0.6) is 0 Å². The molecule has 2 amide bonds. The van der Waals surface area contributed by atoms with Gasteiger partial charge in [0.1, 0.15) is 10.8 Å². The van der Waals surface area contributed by atoms with Crippen LogP contribution in [0.15, 0.2) is 12.4 Å². The molecule has 0 aromatic carbocycles. The number of carbonyl (C=O) groups is 2. The molecule has 1 aromatic rings. The van der Waals surface area contributed by atoms with Gasteiger partial charge in [-0.1, -0.05) is 11.6 Å². The Labute approximate surface area is 103 Å². The van der Waals surface area contributed by atoms with Crippen LogP contribution < -0.4 is 5.32 Å². The standard InChI is InChI=1S/C10H11ClN4O2/c11-8-5-13-7(4-14-8)10(17)15-3-1-2-12-9(16)6-15/h4-5H,1-3,6H2,(H,12,16). The molecule has 90 valence electrons. The summed E-state index contributed by atoms with van der Waals surface area (Å²) in [6.07, 6.45) is 3.36. The summed E-state index contributed by atoms with van der Waals surface area (Å²) in [5.41, 5.74) is 0.198. The molecule has 1 saturated heterocycles. The number of rotatable bonds is 1. The summed E-state index contributed by atoms with van der Waals surface area (Å²) in [4.78, 5) is 32.5. The van der Waals surface area contributed by atoms with Gasteiger partial charge in [-0.25, -0.2) is 9.97 Å². The lowest BCUT2D eigenvalue weighted by atomic mass is 10.3. The van der Waals surface area contributed by atoms with E-state index in [1.807, 2.05) is 0 Å². The van der Waals surface area contributed by atoms with Crippen molar-refractivity contribution in [2.45, 2.75) is 6.42 Å². The smallest absolute Gasteiger partial charge is 0.274 e. The van der Waals surface area contributed by atoms with Crippen LogP contribution in [-0.2, 0) is 4.79 Å². The molecule has 1 aliphatic rings. The number of nitrogens with one attached hydrogen (secondary N) is 1. The molecule has 0 atom stereocenters. The Hall–Kier alpha value is -1.69. The van der Waals surface area contributed by atoms with Crippen molar-refractivity contribution in [3.05, 3.63) is 23.2 Å². The lowest BCUT2D eigenvalue weighted by molar-refractivity contribution is -0.121. The fraction of sp³-hybridized carbons (Fsp3) is 0.400. The van der Waals surface area contributed by atoms with Crippen molar-refractivity contribution in [1.29, 1.82) is 0 Å². The van der Waals surface area contributed by atoms with Gasteiger partial charge in [-0.15, -0.1) is 0 Å². The molecule has 1 aromatic heterocycles. The first-order chi connectivity index (χ1) is 8.16. The second-order valence-corrected chi connectivity index (χ2v) is 4.04. The summed E-state index contributed by atoms with van der Waals surface area (Å²) in [7, 11) is 0. The van der Waals surface area contributed by atoms with E-state index in [-0.39, 0.29) is 29.2 Å². The molecular weight excluding hydrogens is 244 g/mol. The molecule has 1 N–H and O–H groups in total. The number of nitrogens with zero attached hydrogens (tertiary/aromatic N) is 3. The van der Waals surface area contributed by atoms with Gasteiger partial charge in [-0.05, 0) is 6.42 Å². The van der Waals surface area contributed by atoms with Gasteiger partial charge in [0, 0.05) is 13.1 Å². The molecule has 2 rings (SSSR count). The molecular formula is C10H11ClN4O2. The number of hydrogen-bond donors (Lipinski definition) is 1. The molecule has 17 heavy (non-hydrogen) atoms. The van der Waals surface area contributed by atoms with E-state index in [4.69, 9.17) is 11.6 Å². The quantitative estimate of drug-likeness (QED) is 0.771. The minimum Gasteiger partial charge on any atom is -0.354 e. The summed E-state index contributed by atoms with van der Waals surface area (Å²) in [6.45, 7) is 1.18. The summed E-state index contributed by atoms with van der Waals surface area (Å²) >= 11 is 5.59. The fourth-order valence-corrected chi connectivity index (χ4v) is 1.66. The average Bonchev–Trinajstić information content (AvgIpc) is 2.54. The van der Waals surface area contributed by atoms with E-state index in [0.29, 0.717) is 13.1 Å². The van der Waals surface area contributed by atoms with E-state index in [9.17, 15) is 9.59 Å². The van der Waals surface area contributed by atoms with Crippen molar-refractivity contribution in [2.24, 2.45) is 0 Å². The number of aromatic nitrogens is 2. The molecule has 6 nitrogen and oxygen atoms in total.